The predicted molar refractivity (Wildman–Crippen MR) is 66.8 cm³/mol. The number of rotatable bonds is 7. The molecule has 0 saturated heterocycles. The topological polar surface area (TPSA) is 59.6 Å². The van der Waals surface area contributed by atoms with E-state index in [-0.39, 0.29) is 18.1 Å². The highest BCUT2D eigenvalue weighted by atomic mass is 19.1. The van der Waals surface area contributed by atoms with Crippen molar-refractivity contribution in [3.05, 3.63) is 24.0 Å². The smallest absolute Gasteiger partial charge is 0.307 e. The van der Waals surface area contributed by atoms with Crippen molar-refractivity contribution < 1.29 is 18.8 Å². The van der Waals surface area contributed by atoms with E-state index in [2.05, 4.69) is 10.8 Å². The van der Waals surface area contributed by atoms with Crippen molar-refractivity contribution in [2.45, 2.75) is 13.3 Å². The van der Waals surface area contributed by atoms with Crippen LogP contribution in [0.25, 0.3) is 0 Å². The summed E-state index contributed by atoms with van der Waals surface area (Å²) in [4.78, 5) is 15.8. The van der Waals surface area contributed by atoms with Crippen molar-refractivity contribution in [3.63, 3.8) is 0 Å². The van der Waals surface area contributed by atoms with Crippen LogP contribution >= 0.6 is 0 Å². The highest BCUT2D eigenvalue weighted by molar-refractivity contribution is 5.72. The van der Waals surface area contributed by atoms with Crippen molar-refractivity contribution in [2.75, 3.05) is 31.1 Å². The van der Waals surface area contributed by atoms with Gasteiger partial charge in [-0.15, -0.1) is 0 Å². The summed E-state index contributed by atoms with van der Waals surface area (Å²) in [7, 11) is 1.40. The van der Waals surface area contributed by atoms with Gasteiger partial charge in [0.15, 0.2) is 5.82 Å². The van der Waals surface area contributed by atoms with E-state index in [0.29, 0.717) is 18.8 Å². The normalized spacial score (nSPS) is 9.94. The first kappa shape index (κ1) is 14.2. The number of ether oxygens (including phenoxy) is 1. The summed E-state index contributed by atoms with van der Waals surface area (Å²) < 4.78 is 18.3. The third kappa shape index (κ3) is 4.21. The molecule has 0 heterocycles. The Bertz CT molecular complexity index is 399. The molecular weight excluding hydrogens is 239 g/mol. The largest absolute Gasteiger partial charge is 0.466 e. The number of esters is 1. The molecule has 0 aliphatic carbocycles. The Morgan fingerprint density at radius 2 is 2.22 bits per heavy atom. The molecule has 0 aromatic heterocycles. The summed E-state index contributed by atoms with van der Waals surface area (Å²) in [6.07, 6.45) is 0.219. The molecule has 0 amide bonds. The number of anilines is 2. The van der Waals surface area contributed by atoms with Crippen molar-refractivity contribution in [1.82, 2.24) is 0 Å². The second-order valence-electron chi connectivity index (χ2n) is 3.45. The van der Waals surface area contributed by atoms with Gasteiger partial charge in [0.1, 0.15) is 5.69 Å². The Morgan fingerprint density at radius 1 is 1.44 bits per heavy atom. The van der Waals surface area contributed by atoms with Crippen LogP contribution in [0.5, 0.6) is 0 Å². The molecule has 100 valence electrons. The number of benzene rings is 1. The fraction of sp³-hybridized carbons (Fsp3) is 0.417. The lowest BCUT2D eigenvalue weighted by Crippen LogP contribution is -2.12. The molecule has 0 unspecified atom stereocenters. The van der Waals surface area contributed by atoms with Crippen molar-refractivity contribution in [3.8, 4) is 0 Å². The molecule has 0 aliphatic heterocycles. The molecule has 0 radical (unpaired) electrons. The minimum Gasteiger partial charge on any atom is -0.466 e. The molecule has 0 spiro atoms. The minimum absolute atomic E-state index is 0.212. The first-order valence-electron chi connectivity index (χ1n) is 5.66. The van der Waals surface area contributed by atoms with Gasteiger partial charge >= 0.3 is 5.97 Å². The van der Waals surface area contributed by atoms with Crippen molar-refractivity contribution in [1.29, 1.82) is 0 Å². The number of hydrogen-bond donors (Lipinski definition) is 2. The number of para-hydroxylation sites is 1. The van der Waals surface area contributed by atoms with E-state index in [1.54, 1.807) is 19.1 Å². The van der Waals surface area contributed by atoms with Gasteiger partial charge in [0, 0.05) is 6.54 Å². The van der Waals surface area contributed by atoms with Crippen LogP contribution in [-0.4, -0.2) is 26.2 Å². The Hall–Kier alpha value is -1.82. The average molecular weight is 256 g/mol. The molecule has 1 aromatic carbocycles. The molecule has 2 N–H and O–H groups in total. The highest BCUT2D eigenvalue weighted by Crippen LogP contribution is 2.24. The summed E-state index contributed by atoms with van der Waals surface area (Å²) in [6.45, 7) is 2.47. The summed E-state index contributed by atoms with van der Waals surface area (Å²) in [5.41, 5.74) is 3.19. The van der Waals surface area contributed by atoms with Gasteiger partial charge in [-0.25, -0.2) is 4.39 Å². The highest BCUT2D eigenvalue weighted by Gasteiger charge is 2.08. The van der Waals surface area contributed by atoms with Gasteiger partial charge in [0.25, 0.3) is 0 Å². The number of halogens is 1. The van der Waals surface area contributed by atoms with Crippen LogP contribution in [0.1, 0.15) is 13.3 Å². The first-order chi connectivity index (χ1) is 8.69. The third-order valence-electron chi connectivity index (χ3n) is 2.17. The zero-order chi connectivity index (χ0) is 13.4. The number of hydrogen-bond acceptors (Lipinski definition) is 5. The summed E-state index contributed by atoms with van der Waals surface area (Å²) >= 11 is 0. The second kappa shape index (κ2) is 7.50. The maximum absolute atomic E-state index is 13.5. The zero-order valence-electron chi connectivity index (χ0n) is 10.5. The van der Waals surface area contributed by atoms with Gasteiger partial charge in [0.05, 0.1) is 25.8 Å². The van der Waals surface area contributed by atoms with Crippen LogP contribution in [-0.2, 0) is 14.4 Å². The maximum atomic E-state index is 13.5. The molecular formula is C12H17FN2O3. The molecule has 1 aromatic rings. The fourth-order valence-corrected chi connectivity index (χ4v) is 1.41. The van der Waals surface area contributed by atoms with Crippen LogP contribution in [0.2, 0.25) is 0 Å². The average Bonchev–Trinajstić information content (AvgIpc) is 2.34. The van der Waals surface area contributed by atoms with Gasteiger partial charge in [-0.2, -0.15) is 0 Å². The summed E-state index contributed by atoms with van der Waals surface area (Å²) in [5, 5.41) is 2.94. The fourth-order valence-electron chi connectivity index (χ4n) is 1.41. The van der Waals surface area contributed by atoms with E-state index in [1.807, 2.05) is 0 Å². The van der Waals surface area contributed by atoms with Gasteiger partial charge < -0.3 is 10.1 Å². The van der Waals surface area contributed by atoms with Crippen LogP contribution in [0, 0.1) is 5.82 Å². The summed E-state index contributed by atoms with van der Waals surface area (Å²) in [5.74, 6) is -0.722. The second-order valence-corrected chi connectivity index (χ2v) is 3.45. The number of carbonyl (C=O) groups is 1. The lowest BCUT2D eigenvalue weighted by molar-refractivity contribution is -0.142. The van der Waals surface area contributed by atoms with E-state index in [1.165, 1.54) is 13.2 Å². The molecule has 1 rings (SSSR count). The van der Waals surface area contributed by atoms with Crippen LogP contribution in [0.3, 0.4) is 0 Å². The van der Waals surface area contributed by atoms with E-state index in [9.17, 15) is 9.18 Å². The standard InChI is InChI=1S/C12H17FN2O3/c1-3-18-11(16)7-8-14-10-6-4-5-9(13)12(10)15-17-2/h4-6,14-15H,3,7-8H2,1-2H3. The lowest BCUT2D eigenvalue weighted by atomic mass is 10.2. The van der Waals surface area contributed by atoms with E-state index < -0.39 is 5.82 Å². The van der Waals surface area contributed by atoms with E-state index in [0.717, 1.165) is 0 Å². The molecule has 6 heteroatoms. The molecule has 5 nitrogen and oxygen atoms in total. The Balaban J connectivity index is 2.56. The van der Waals surface area contributed by atoms with Gasteiger partial charge in [0.2, 0.25) is 0 Å². The molecule has 0 saturated carbocycles. The van der Waals surface area contributed by atoms with E-state index in [4.69, 9.17) is 9.57 Å². The molecule has 0 bridgehead atoms. The Labute approximate surface area is 105 Å². The zero-order valence-corrected chi connectivity index (χ0v) is 10.5. The molecule has 0 aliphatic rings. The lowest BCUT2D eigenvalue weighted by Gasteiger charge is -2.12. The molecule has 18 heavy (non-hydrogen) atoms. The molecule has 0 atom stereocenters. The van der Waals surface area contributed by atoms with E-state index >= 15 is 0 Å². The maximum Gasteiger partial charge on any atom is 0.307 e. The Morgan fingerprint density at radius 3 is 2.89 bits per heavy atom. The van der Waals surface area contributed by atoms with Crippen LogP contribution in [0.4, 0.5) is 15.8 Å². The number of carbonyl (C=O) groups excluding carboxylic acids is 1. The quantitative estimate of drug-likeness (QED) is 0.578. The SMILES string of the molecule is CCOC(=O)CCNc1cccc(F)c1NOC. The Kier molecular flexibility index (Phi) is 5.93. The summed E-state index contributed by atoms with van der Waals surface area (Å²) in [6, 6.07) is 4.58. The van der Waals surface area contributed by atoms with Crippen molar-refractivity contribution in [2.24, 2.45) is 0 Å². The van der Waals surface area contributed by atoms with Crippen LogP contribution in [0.15, 0.2) is 18.2 Å². The van der Waals surface area contributed by atoms with Crippen molar-refractivity contribution >= 4 is 17.3 Å². The predicted octanol–water partition coefficient (Wildman–Crippen LogP) is 2.16. The third-order valence-corrected chi connectivity index (χ3v) is 2.17. The first-order valence-corrected chi connectivity index (χ1v) is 5.66. The minimum atomic E-state index is -0.432. The van der Waals surface area contributed by atoms with Gasteiger partial charge in [-0.05, 0) is 19.1 Å². The van der Waals surface area contributed by atoms with Gasteiger partial charge in [-0.3, -0.25) is 15.1 Å². The van der Waals surface area contributed by atoms with Crippen LogP contribution < -0.4 is 10.8 Å². The number of nitrogens with one attached hydrogen (secondary N) is 2. The van der Waals surface area contributed by atoms with Gasteiger partial charge in [-0.1, -0.05) is 6.07 Å². The monoisotopic (exact) mass is 256 g/mol. The molecule has 0 fully saturated rings.